The van der Waals surface area contributed by atoms with E-state index in [-0.39, 0.29) is 11.3 Å². The quantitative estimate of drug-likeness (QED) is 0.498. The van der Waals surface area contributed by atoms with Gasteiger partial charge in [0.25, 0.3) is 0 Å². The Labute approximate surface area is 132 Å². The maximum absolute atomic E-state index is 11.7. The van der Waals surface area contributed by atoms with Crippen LogP contribution in [0.25, 0.3) is 0 Å². The first kappa shape index (κ1) is 17.8. The minimum absolute atomic E-state index is 0.0390. The predicted molar refractivity (Wildman–Crippen MR) is 87.4 cm³/mol. The fourth-order valence-electron chi connectivity index (χ4n) is 1.99. The second-order valence-electron chi connectivity index (χ2n) is 6.35. The summed E-state index contributed by atoms with van der Waals surface area (Å²) >= 11 is 6.25. The molecule has 3 N–H and O–H groups in total. The third-order valence-electron chi connectivity index (χ3n) is 3.28. The van der Waals surface area contributed by atoms with Crippen LogP contribution in [0.4, 0.5) is 5.82 Å². The fourth-order valence-corrected chi connectivity index (χ4v) is 2.40. The zero-order chi connectivity index (χ0) is 15.9. The number of carbonyl (C=O) groups is 1. The number of hydrogen-bond donors (Lipinski definition) is 3. The third kappa shape index (κ3) is 5.96. The van der Waals surface area contributed by atoms with Gasteiger partial charge in [0, 0.05) is 11.8 Å². The van der Waals surface area contributed by atoms with Crippen LogP contribution in [-0.4, -0.2) is 16.1 Å². The molecule has 0 radical (unpaired) electrons. The van der Waals surface area contributed by atoms with E-state index in [0.717, 1.165) is 18.5 Å². The molecule has 0 aromatic carbocycles. The van der Waals surface area contributed by atoms with Crippen LogP contribution < -0.4 is 10.9 Å². The Hall–Kier alpha value is -1.23. The molecular weight excluding hydrogens is 288 g/mol. The van der Waals surface area contributed by atoms with Crippen molar-refractivity contribution in [3.05, 3.63) is 10.7 Å². The Kier molecular flexibility index (Phi) is 7.02. The number of amides is 1. The first-order valence-electron chi connectivity index (χ1n) is 7.65. The number of halogens is 1. The Balaban J connectivity index is 2.35. The number of nitrogens with zero attached hydrogens (tertiary/aromatic N) is 1. The van der Waals surface area contributed by atoms with Crippen molar-refractivity contribution in [2.75, 3.05) is 5.43 Å². The molecule has 0 bridgehead atoms. The average molecular weight is 315 g/mol. The first-order valence-corrected chi connectivity index (χ1v) is 8.03. The van der Waals surface area contributed by atoms with E-state index in [9.17, 15) is 4.79 Å². The molecule has 0 unspecified atom stereocenters. The molecule has 1 amide bonds. The molecule has 120 valence electrons. The van der Waals surface area contributed by atoms with Crippen LogP contribution in [0, 0.1) is 0 Å². The van der Waals surface area contributed by atoms with Gasteiger partial charge in [-0.2, -0.15) is 5.10 Å². The van der Waals surface area contributed by atoms with Crippen LogP contribution >= 0.6 is 11.6 Å². The van der Waals surface area contributed by atoms with Crippen LogP contribution in [0.3, 0.4) is 0 Å². The van der Waals surface area contributed by atoms with Gasteiger partial charge in [-0.25, -0.2) is 0 Å². The zero-order valence-corrected chi connectivity index (χ0v) is 14.2. The number of hydrogen-bond acceptors (Lipinski definition) is 3. The van der Waals surface area contributed by atoms with E-state index in [0.29, 0.717) is 17.3 Å². The van der Waals surface area contributed by atoms with E-state index in [1.165, 1.54) is 19.3 Å². The van der Waals surface area contributed by atoms with Gasteiger partial charge in [-0.3, -0.25) is 20.7 Å². The van der Waals surface area contributed by atoms with Crippen LogP contribution in [0.5, 0.6) is 0 Å². The van der Waals surface area contributed by atoms with Crippen molar-refractivity contribution in [3.8, 4) is 0 Å². The first-order chi connectivity index (χ1) is 9.86. The maximum atomic E-state index is 11.7. The van der Waals surface area contributed by atoms with Crippen LogP contribution in [0.2, 0.25) is 5.02 Å². The van der Waals surface area contributed by atoms with Gasteiger partial charge < -0.3 is 0 Å². The molecule has 21 heavy (non-hydrogen) atoms. The van der Waals surface area contributed by atoms with E-state index in [4.69, 9.17) is 11.6 Å². The summed E-state index contributed by atoms with van der Waals surface area (Å²) in [6.07, 6.45) is 6.16. The lowest BCUT2D eigenvalue weighted by molar-refractivity contribution is -0.120. The molecular formula is C15H27ClN4O. The highest BCUT2D eigenvalue weighted by Gasteiger charge is 2.22. The standard InChI is InChI=1S/C15H27ClN4O/c1-5-6-7-8-9-10-11(21)17-19-14-12(16)13(18-20-14)15(2,3)4/h5-10H2,1-4H3,(H,17,21)(H2,18,19,20). The molecule has 0 aliphatic heterocycles. The Morgan fingerprint density at radius 3 is 2.48 bits per heavy atom. The van der Waals surface area contributed by atoms with Gasteiger partial charge in [0.2, 0.25) is 5.91 Å². The van der Waals surface area contributed by atoms with Gasteiger partial charge in [0.1, 0.15) is 5.02 Å². The van der Waals surface area contributed by atoms with Crippen molar-refractivity contribution in [2.45, 2.75) is 71.6 Å². The number of hydrazine groups is 1. The molecule has 0 aliphatic rings. The average Bonchev–Trinajstić information content (AvgIpc) is 2.77. The van der Waals surface area contributed by atoms with Gasteiger partial charge in [-0.1, -0.05) is 65.0 Å². The molecule has 1 aromatic heterocycles. The number of H-pyrrole nitrogens is 1. The van der Waals surface area contributed by atoms with Gasteiger partial charge in [0.05, 0.1) is 5.69 Å². The van der Waals surface area contributed by atoms with Gasteiger partial charge in [0.15, 0.2) is 5.82 Å². The summed E-state index contributed by atoms with van der Waals surface area (Å²) in [5, 5.41) is 7.52. The van der Waals surface area contributed by atoms with Crippen LogP contribution in [-0.2, 0) is 10.2 Å². The molecule has 5 nitrogen and oxygen atoms in total. The Morgan fingerprint density at radius 2 is 1.90 bits per heavy atom. The molecule has 1 aromatic rings. The zero-order valence-electron chi connectivity index (χ0n) is 13.5. The SMILES string of the molecule is CCCCCCCC(=O)NNc1n[nH]c(C(C)(C)C)c1Cl. The Bertz CT molecular complexity index is 451. The molecule has 6 heteroatoms. The lowest BCUT2D eigenvalue weighted by Crippen LogP contribution is -2.29. The molecule has 1 rings (SSSR count). The number of unbranched alkanes of at least 4 members (excludes halogenated alkanes) is 4. The summed E-state index contributed by atoms with van der Waals surface area (Å²) < 4.78 is 0. The summed E-state index contributed by atoms with van der Waals surface area (Å²) in [4.78, 5) is 11.7. The van der Waals surface area contributed by atoms with Gasteiger partial charge >= 0.3 is 0 Å². The minimum atomic E-state index is -0.118. The Morgan fingerprint density at radius 1 is 1.24 bits per heavy atom. The van der Waals surface area contributed by atoms with E-state index in [1.54, 1.807) is 0 Å². The summed E-state index contributed by atoms with van der Waals surface area (Å²) in [7, 11) is 0. The molecule has 0 saturated carbocycles. The predicted octanol–water partition coefficient (Wildman–Crippen LogP) is 4.16. The normalized spacial score (nSPS) is 11.5. The topological polar surface area (TPSA) is 69.8 Å². The monoisotopic (exact) mass is 314 g/mol. The van der Waals surface area contributed by atoms with Crippen molar-refractivity contribution in [1.82, 2.24) is 15.6 Å². The number of carbonyl (C=O) groups excluding carboxylic acids is 1. The van der Waals surface area contributed by atoms with E-state index in [1.807, 2.05) is 20.8 Å². The highest BCUT2D eigenvalue weighted by atomic mass is 35.5. The summed E-state index contributed by atoms with van der Waals surface area (Å²) in [5.74, 6) is 0.420. The van der Waals surface area contributed by atoms with Crippen molar-refractivity contribution < 1.29 is 4.79 Å². The highest BCUT2D eigenvalue weighted by molar-refractivity contribution is 6.33. The molecule has 0 aliphatic carbocycles. The van der Waals surface area contributed by atoms with Crippen molar-refractivity contribution in [1.29, 1.82) is 0 Å². The number of aromatic nitrogens is 2. The van der Waals surface area contributed by atoms with Gasteiger partial charge in [-0.15, -0.1) is 0 Å². The van der Waals surface area contributed by atoms with Crippen molar-refractivity contribution in [3.63, 3.8) is 0 Å². The number of anilines is 1. The third-order valence-corrected chi connectivity index (χ3v) is 3.65. The number of aromatic amines is 1. The highest BCUT2D eigenvalue weighted by Crippen LogP contribution is 2.31. The molecule has 0 spiro atoms. The summed E-state index contributed by atoms with van der Waals surface area (Å²) in [5.41, 5.74) is 6.15. The number of nitrogens with one attached hydrogen (secondary N) is 3. The maximum Gasteiger partial charge on any atom is 0.238 e. The van der Waals surface area contributed by atoms with E-state index < -0.39 is 0 Å². The summed E-state index contributed by atoms with van der Waals surface area (Å²) in [6, 6.07) is 0. The smallest absolute Gasteiger partial charge is 0.238 e. The summed E-state index contributed by atoms with van der Waals surface area (Å²) in [6.45, 7) is 8.32. The van der Waals surface area contributed by atoms with Crippen molar-refractivity contribution in [2.24, 2.45) is 0 Å². The molecule has 0 fully saturated rings. The molecule has 0 atom stereocenters. The van der Waals surface area contributed by atoms with Crippen LogP contribution in [0.1, 0.15) is 71.9 Å². The second-order valence-corrected chi connectivity index (χ2v) is 6.73. The minimum Gasteiger partial charge on any atom is -0.279 e. The van der Waals surface area contributed by atoms with Crippen LogP contribution in [0.15, 0.2) is 0 Å². The molecule has 1 heterocycles. The molecule has 0 saturated heterocycles. The van der Waals surface area contributed by atoms with Crippen molar-refractivity contribution >= 4 is 23.3 Å². The second kappa shape index (κ2) is 8.27. The number of rotatable bonds is 8. The fraction of sp³-hybridized carbons (Fsp3) is 0.733. The van der Waals surface area contributed by atoms with E-state index >= 15 is 0 Å². The lowest BCUT2D eigenvalue weighted by Gasteiger charge is -2.16. The van der Waals surface area contributed by atoms with Gasteiger partial charge in [-0.05, 0) is 6.42 Å². The lowest BCUT2D eigenvalue weighted by atomic mass is 9.92. The van der Waals surface area contributed by atoms with E-state index in [2.05, 4.69) is 28.0 Å². The largest absolute Gasteiger partial charge is 0.279 e.